The molecule has 0 bridgehead atoms. The molecule has 2 rings (SSSR count). The van der Waals surface area contributed by atoms with Crippen LogP contribution >= 0.6 is 0 Å². The first-order valence-electron chi connectivity index (χ1n) is 7.49. The zero-order valence-electron chi connectivity index (χ0n) is 11.7. The summed E-state index contributed by atoms with van der Waals surface area (Å²) in [5.41, 5.74) is 0. The number of nitrogens with zero attached hydrogens (tertiary/aromatic N) is 1. The minimum atomic E-state index is 0.203. The topological polar surface area (TPSA) is 50.8 Å². The van der Waals surface area contributed by atoms with Crippen molar-refractivity contribution in [1.82, 2.24) is 10.2 Å². The molecule has 0 aromatic heterocycles. The van der Waals surface area contributed by atoms with Gasteiger partial charge in [-0.05, 0) is 31.7 Å². The summed E-state index contributed by atoms with van der Waals surface area (Å²) in [6.45, 7) is 7.21. The minimum absolute atomic E-state index is 0.203. The Hall–Kier alpha value is -0.650. The molecule has 1 N–H and O–H groups in total. The lowest BCUT2D eigenvalue weighted by atomic mass is 9.96. The van der Waals surface area contributed by atoms with Crippen LogP contribution in [0.4, 0.5) is 0 Å². The number of nitrogens with one attached hydrogen (secondary N) is 1. The molecule has 2 aliphatic heterocycles. The van der Waals surface area contributed by atoms with Crippen molar-refractivity contribution in [2.75, 3.05) is 52.6 Å². The van der Waals surface area contributed by atoms with Gasteiger partial charge in [0, 0.05) is 39.3 Å². The summed E-state index contributed by atoms with van der Waals surface area (Å²) in [5, 5.41) is 3.03. The lowest BCUT2D eigenvalue weighted by Crippen LogP contribution is -2.38. The number of carbonyl (C=O) groups is 1. The molecule has 5 heteroatoms. The van der Waals surface area contributed by atoms with Crippen LogP contribution in [0.1, 0.15) is 25.7 Å². The molecule has 0 aromatic rings. The van der Waals surface area contributed by atoms with Crippen LogP contribution in [-0.2, 0) is 14.3 Å². The number of amides is 1. The standard InChI is InChI=1S/C14H26N2O3/c17-14(12-13-2-8-18-9-3-13)15-4-1-5-16-6-10-19-11-7-16/h13H,1-12H2,(H,15,17). The van der Waals surface area contributed by atoms with Crippen molar-refractivity contribution in [3.05, 3.63) is 0 Å². The van der Waals surface area contributed by atoms with Crippen LogP contribution in [0.2, 0.25) is 0 Å². The molecule has 0 atom stereocenters. The van der Waals surface area contributed by atoms with Gasteiger partial charge in [0.05, 0.1) is 13.2 Å². The van der Waals surface area contributed by atoms with Gasteiger partial charge in [0.25, 0.3) is 0 Å². The molecule has 0 aliphatic carbocycles. The summed E-state index contributed by atoms with van der Waals surface area (Å²) in [6, 6.07) is 0. The lowest BCUT2D eigenvalue weighted by molar-refractivity contribution is -0.122. The van der Waals surface area contributed by atoms with Gasteiger partial charge in [-0.15, -0.1) is 0 Å². The van der Waals surface area contributed by atoms with Gasteiger partial charge in [0.2, 0.25) is 5.91 Å². The van der Waals surface area contributed by atoms with Crippen LogP contribution in [0.5, 0.6) is 0 Å². The van der Waals surface area contributed by atoms with E-state index in [0.717, 1.165) is 71.9 Å². The molecule has 0 aromatic carbocycles. The number of hydrogen-bond acceptors (Lipinski definition) is 4. The predicted molar refractivity (Wildman–Crippen MR) is 73.0 cm³/mol. The van der Waals surface area contributed by atoms with E-state index in [4.69, 9.17) is 9.47 Å². The second kappa shape index (κ2) is 8.51. The van der Waals surface area contributed by atoms with E-state index in [0.29, 0.717) is 12.3 Å². The molecule has 19 heavy (non-hydrogen) atoms. The fraction of sp³-hybridized carbons (Fsp3) is 0.929. The Labute approximate surface area is 115 Å². The summed E-state index contributed by atoms with van der Waals surface area (Å²) in [5.74, 6) is 0.724. The van der Waals surface area contributed by atoms with Crippen molar-refractivity contribution in [2.45, 2.75) is 25.7 Å². The summed E-state index contributed by atoms with van der Waals surface area (Å²) in [7, 11) is 0. The third kappa shape index (κ3) is 5.89. The highest BCUT2D eigenvalue weighted by Gasteiger charge is 2.17. The van der Waals surface area contributed by atoms with E-state index in [2.05, 4.69) is 10.2 Å². The van der Waals surface area contributed by atoms with Crippen LogP contribution in [-0.4, -0.2) is 63.4 Å². The lowest BCUT2D eigenvalue weighted by Gasteiger charge is -2.26. The average molecular weight is 270 g/mol. The van der Waals surface area contributed by atoms with Gasteiger partial charge in [-0.2, -0.15) is 0 Å². The predicted octanol–water partition coefficient (Wildman–Crippen LogP) is 0.642. The highest BCUT2D eigenvalue weighted by atomic mass is 16.5. The van der Waals surface area contributed by atoms with Crippen LogP contribution in [0.3, 0.4) is 0 Å². The maximum Gasteiger partial charge on any atom is 0.220 e. The van der Waals surface area contributed by atoms with Crippen LogP contribution < -0.4 is 5.32 Å². The number of ether oxygens (including phenoxy) is 2. The van der Waals surface area contributed by atoms with Crippen LogP contribution in [0.25, 0.3) is 0 Å². The van der Waals surface area contributed by atoms with Crippen molar-refractivity contribution in [2.24, 2.45) is 5.92 Å². The smallest absolute Gasteiger partial charge is 0.220 e. The molecular weight excluding hydrogens is 244 g/mol. The van der Waals surface area contributed by atoms with E-state index in [-0.39, 0.29) is 5.91 Å². The van der Waals surface area contributed by atoms with Crippen LogP contribution in [0, 0.1) is 5.92 Å². The number of hydrogen-bond donors (Lipinski definition) is 1. The summed E-state index contributed by atoms with van der Waals surface area (Å²) >= 11 is 0. The fourth-order valence-electron chi connectivity index (χ4n) is 2.64. The maximum absolute atomic E-state index is 11.8. The summed E-state index contributed by atoms with van der Waals surface area (Å²) < 4.78 is 10.6. The van der Waals surface area contributed by atoms with Crippen molar-refractivity contribution < 1.29 is 14.3 Å². The Morgan fingerprint density at radius 3 is 2.53 bits per heavy atom. The van der Waals surface area contributed by atoms with Crippen molar-refractivity contribution in [3.63, 3.8) is 0 Å². The second-order valence-corrected chi connectivity index (χ2v) is 5.42. The highest BCUT2D eigenvalue weighted by Crippen LogP contribution is 2.17. The van der Waals surface area contributed by atoms with Gasteiger partial charge >= 0.3 is 0 Å². The summed E-state index contributed by atoms with van der Waals surface area (Å²) in [4.78, 5) is 14.2. The molecule has 2 heterocycles. The molecule has 0 spiro atoms. The van der Waals surface area contributed by atoms with E-state index in [1.54, 1.807) is 0 Å². The Kier molecular flexibility index (Phi) is 6.61. The zero-order valence-corrected chi connectivity index (χ0v) is 11.7. The van der Waals surface area contributed by atoms with E-state index in [9.17, 15) is 4.79 Å². The SMILES string of the molecule is O=C(CC1CCOCC1)NCCCN1CCOCC1. The third-order valence-corrected chi connectivity index (χ3v) is 3.89. The number of morpholine rings is 1. The van der Waals surface area contributed by atoms with E-state index >= 15 is 0 Å². The first-order valence-corrected chi connectivity index (χ1v) is 7.49. The van der Waals surface area contributed by atoms with Crippen molar-refractivity contribution in [1.29, 1.82) is 0 Å². The molecule has 5 nitrogen and oxygen atoms in total. The van der Waals surface area contributed by atoms with E-state index in [1.165, 1.54) is 0 Å². The Bertz CT molecular complexity index is 261. The molecular formula is C14H26N2O3. The molecule has 2 saturated heterocycles. The first kappa shape index (κ1) is 14.8. The van der Waals surface area contributed by atoms with Gasteiger partial charge in [0.15, 0.2) is 0 Å². The van der Waals surface area contributed by atoms with Gasteiger partial charge in [-0.3, -0.25) is 9.69 Å². The van der Waals surface area contributed by atoms with Crippen molar-refractivity contribution >= 4 is 5.91 Å². The normalized spacial score (nSPS) is 22.3. The van der Waals surface area contributed by atoms with Gasteiger partial charge in [0.1, 0.15) is 0 Å². The van der Waals surface area contributed by atoms with E-state index in [1.807, 2.05) is 0 Å². The van der Waals surface area contributed by atoms with Crippen molar-refractivity contribution in [3.8, 4) is 0 Å². The third-order valence-electron chi connectivity index (χ3n) is 3.89. The first-order chi connectivity index (χ1) is 9.34. The molecule has 0 saturated carbocycles. The fourth-order valence-corrected chi connectivity index (χ4v) is 2.64. The zero-order chi connectivity index (χ0) is 13.3. The second-order valence-electron chi connectivity index (χ2n) is 5.42. The van der Waals surface area contributed by atoms with E-state index < -0.39 is 0 Å². The largest absolute Gasteiger partial charge is 0.381 e. The average Bonchev–Trinajstić information content (AvgIpc) is 2.46. The monoisotopic (exact) mass is 270 g/mol. The highest BCUT2D eigenvalue weighted by molar-refractivity contribution is 5.76. The number of carbonyl (C=O) groups excluding carboxylic acids is 1. The van der Waals surface area contributed by atoms with Gasteiger partial charge in [-0.25, -0.2) is 0 Å². The molecule has 0 unspecified atom stereocenters. The minimum Gasteiger partial charge on any atom is -0.381 e. The van der Waals surface area contributed by atoms with Crippen LogP contribution in [0.15, 0.2) is 0 Å². The molecule has 0 radical (unpaired) electrons. The number of rotatable bonds is 6. The van der Waals surface area contributed by atoms with Gasteiger partial charge in [-0.1, -0.05) is 0 Å². The maximum atomic E-state index is 11.8. The Morgan fingerprint density at radius 2 is 1.79 bits per heavy atom. The van der Waals surface area contributed by atoms with Gasteiger partial charge < -0.3 is 14.8 Å². The molecule has 2 aliphatic rings. The Morgan fingerprint density at radius 1 is 1.11 bits per heavy atom. The molecule has 110 valence electrons. The quantitative estimate of drug-likeness (QED) is 0.720. The molecule has 1 amide bonds. The Balaban J connectivity index is 1.48. The molecule has 2 fully saturated rings. The summed E-state index contributed by atoms with van der Waals surface area (Å²) in [6.07, 6.45) is 3.75.